The van der Waals surface area contributed by atoms with Gasteiger partial charge in [0.05, 0.1) is 0 Å². The number of hydrogen-bond donors (Lipinski definition) is 3. The Hall–Kier alpha value is -1.30. The van der Waals surface area contributed by atoms with Crippen molar-refractivity contribution in [3.63, 3.8) is 0 Å². The Bertz CT molecular complexity index is 395. The van der Waals surface area contributed by atoms with E-state index in [0.29, 0.717) is 5.96 Å². The van der Waals surface area contributed by atoms with E-state index >= 15 is 0 Å². The van der Waals surface area contributed by atoms with Gasteiger partial charge in [0.2, 0.25) is 5.91 Å². The molecule has 3 N–H and O–H groups in total. The van der Waals surface area contributed by atoms with E-state index in [4.69, 9.17) is 0 Å². The number of carbonyl (C=O) groups is 1. The molecular weight excluding hydrogens is 302 g/mol. The molecule has 0 aromatic rings. The molecule has 6 heteroatoms. The topological polar surface area (TPSA) is 68.8 Å². The van der Waals surface area contributed by atoms with Gasteiger partial charge >= 0.3 is 0 Å². The van der Waals surface area contributed by atoms with Gasteiger partial charge in [-0.3, -0.25) is 4.79 Å². The number of carbonyl (C=O) groups excluding carboxylic acids is 1. The van der Waals surface area contributed by atoms with Crippen LogP contribution in [0.25, 0.3) is 0 Å². The first-order chi connectivity index (χ1) is 11.3. The van der Waals surface area contributed by atoms with Gasteiger partial charge in [0.15, 0.2) is 5.96 Å². The number of likely N-dealkylation sites (tertiary alicyclic amines) is 1. The van der Waals surface area contributed by atoms with Gasteiger partial charge < -0.3 is 20.9 Å². The number of guanidine groups is 1. The van der Waals surface area contributed by atoms with Crippen LogP contribution in [0.1, 0.15) is 53.9 Å². The summed E-state index contributed by atoms with van der Waals surface area (Å²) in [5, 5.41) is 9.43. The van der Waals surface area contributed by atoms with Crippen LogP contribution in [0, 0.1) is 5.92 Å². The minimum absolute atomic E-state index is 0.0536. The van der Waals surface area contributed by atoms with Gasteiger partial charge in [-0.05, 0) is 72.5 Å². The largest absolute Gasteiger partial charge is 0.357 e. The molecule has 0 aliphatic carbocycles. The number of nitrogens with one attached hydrogen (secondary N) is 3. The molecule has 1 saturated heterocycles. The quantitative estimate of drug-likeness (QED) is 0.374. The van der Waals surface area contributed by atoms with Crippen molar-refractivity contribution in [1.29, 1.82) is 0 Å². The lowest BCUT2D eigenvalue weighted by atomic mass is 9.99. The molecule has 1 rings (SSSR count). The van der Waals surface area contributed by atoms with Crippen LogP contribution < -0.4 is 16.0 Å². The molecule has 1 heterocycles. The summed E-state index contributed by atoms with van der Waals surface area (Å²) in [7, 11) is 0. The molecule has 1 aliphatic rings. The van der Waals surface area contributed by atoms with Crippen molar-refractivity contribution in [3.8, 4) is 0 Å². The zero-order valence-corrected chi connectivity index (χ0v) is 16.2. The normalized spacial score (nSPS) is 17.6. The zero-order chi connectivity index (χ0) is 18.0. The first-order valence-corrected chi connectivity index (χ1v) is 9.35. The minimum atomic E-state index is -0.218. The van der Waals surface area contributed by atoms with Gasteiger partial charge in [-0.2, -0.15) is 0 Å². The maximum Gasteiger partial charge on any atom is 0.242 e. The molecule has 6 nitrogen and oxygen atoms in total. The Morgan fingerprint density at radius 2 is 1.88 bits per heavy atom. The summed E-state index contributed by atoms with van der Waals surface area (Å²) < 4.78 is 0. The molecule has 0 saturated carbocycles. The highest BCUT2D eigenvalue weighted by molar-refractivity contribution is 5.85. The van der Waals surface area contributed by atoms with Crippen LogP contribution in [0.4, 0.5) is 0 Å². The number of nitrogens with zero attached hydrogens (tertiary/aromatic N) is 2. The lowest BCUT2D eigenvalue weighted by molar-refractivity contribution is -0.121. The summed E-state index contributed by atoms with van der Waals surface area (Å²) in [5.41, 5.74) is -0.218. The molecule has 140 valence electrons. The van der Waals surface area contributed by atoms with E-state index in [1.165, 1.54) is 25.9 Å². The highest BCUT2D eigenvalue weighted by Crippen LogP contribution is 2.15. The van der Waals surface area contributed by atoms with Crippen molar-refractivity contribution >= 4 is 11.9 Å². The molecule has 0 bridgehead atoms. The highest BCUT2D eigenvalue weighted by Gasteiger charge is 2.15. The summed E-state index contributed by atoms with van der Waals surface area (Å²) in [6, 6.07) is 0. The predicted molar refractivity (Wildman–Crippen MR) is 101 cm³/mol. The summed E-state index contributed by atoms with van der Waals surface area (Å²) in [4.78, 5) is 18.8. The van der Waals surface area contributed by atoms with E-state index in [1.54, 1.807) is 0 Å². The standard InChI is InChI=1S/C18H37N5O/c1-6-19-17(21-14-16(24)22-18(3,4)5)20-10-7-11-23-12-8-15(2)9-13-23/h15H,6-14H2,1-5H3,(H,22,24)(H2,19,20,21). The third kappa shape index (κ3) is 9.75. The second kappa shape index (κ2) is 10.5. The van der Waals surface area contributed by atoms with Crippen molar-refractivity contribution in [2.45, 2.75) is 59.4 Å². The maximum atomic E-state index is 11.8. The van der Waals surface area contributed by atoms with Crippen LogP contribution in [0.5, 0.6) is 0 Å². The van der Waals surface area contributed by atoms with Crippen LogP contribution in [0.2, 0.25) is 0 Å². The fourth-order valence-electron chi connectivity index (χ4n) is 2.75. The molecule has 24 heavy (non-hydrogen) atoms. The molecule has 1 fully saturated rings. The van der Waals surface area contributed by atoms with Gasteiger partial charge in [-0.15, -0.1) is 0 Å². The maximum absolute atomic E-state index is 11.8. The molecule has 1 amide bonds. The Kier molecular flexibility index (Phi) is 9.11. The molecule has 0 spiro atoms. The molecule has 1 aliphatic heterocycles. The second-order valence-corrected chi connectivity index (χ2v) is 7.80. The zero-order valence-electron chi connectivity index (χ0n) is 16.2. The van der Waals surface area contributed by atoms with Crippen molar-refractivity contribution in [2.24, 2.45) is 10.9 Å². The predicted octanol–water partition coefficient (Wildman–Crippen LogP) is 1.58. The van der Waals surface area contributed by atoms with Crippen LogP contribution in [0.15, 0.2) is 4.99 Å². The number of hydrogen-bond acceptors (Lipinski definition) is 3. The fourth-order valence-corrected chi connectivity index (χ4v) is 2.75. The van der Waals surface area contributed by atoms with Crippen LogP contribution in [-0.4, -0.2) is 61.6 Å². The molecule has 0 aromatic heterocycles. The third-order valence-electron chi connectivity index (χ3n) is 4.06. The van der Waals surface area contributed by atoms with Crippen molar-refractivity contribution in [2.75, 3.05) is 39.3 Å². The number of aliphatic imine (C=N–C) groups is 1. The van der Waals surface area contributed by atoms with Crippen molar-refractivity contribution in [1.82, 2.24) is 20.9 Å². The van der Waals surface area contributed by atoms with Crippen LogP contribution in [-0.2, 0) is 4.79 Å². The van der Waals surface area contributed by atoms with Crippen LogP contribution in [0.3, 0.4) is 0 Å². The smallest absolute Gasteiger partial charge is 0.242 e. The molecule has 0 unspecified atom stereocenters. The van der Waals surface area contributed by atoms with E-state index in [-0.39, 0.29) is 18.0 Å². The summed E-state index contributed by atoms with van der Waals surface area (Å²) in [6.07, 6.45) is 3.73. The molecule has 0 aromatic carbocycles. The number of amides is 1. The van der Waals surface area contributed by atoms with Crippen molar-refractivity contribution < 1.29 is 4.79 Å². The second-order valence-electron chi connectivity index (χ2n) is 7.80. The molecular formula is C18H37N5O. The number of piperidine rings is 1. The lowest BCUT2D eigenvalue weighted by Crippen LogP contribution is -2.43. The lowest BCUT2D eigenvalue weighted by Gasteiger charge is -2.30. The molecule has 0 radical (unpaired) electrons. The van der Waals surface area contributed by atoms with E-state index in [1.807, 2.05) is 27.7 Å². The summed E-state index contributed by atoms with van der Waals surface area (Å²) >= 11 is 0. The summed E-state index contributed by atoms with van der Waals surface area (Å²) in [5.74, 6) is 1.54. The fraction of sp³-hybridized carbons (Fsp3) is 0.889. The van der Waals surface area contributed by atoms with Gasteiger partial charge in [0.1, 0.15) is 6.54 Å². The van der Waals surface area contributed by atoms with E-state index in [9.17, 15) is 4.79 Å². The van der Waals surface area contributed by atoms with Gasteiger partial charge in [0.25, 0.3) is 0 Å². The average molecular weight is 340 g/mol. The van der Waals surface area contributed by atoms with Gasteiger partial charge in [0, 0.05) is 18.6 Å². The SMILES string of the molecule is CCNC(=NCC(=O)NC(C)(C)C)NCCCN1CCC(C)CC1. The first-order valence-electron chi connectivity index (χ1n) is 9.35. The molecule has 0 atom stereocenters. The van der Waals surface area contributed by atoms with E-state index in [0.717, 1.165) is 32.0 Å². The minimum Gasteiger partial charge on any atom is -0.357 e. The Labute approximate surface area is 147 Å². The first kappa shape index (κ1) is 20.7. The Balaban J connectivity index is 2.27. The summed E-state index contributed by atoms with van der Waals surface area (Å²) in [6.45, 7) is 15.7. The average Bonchev–Trinajstić information content (AvgIpc) is 2.49. The number of rotatable bonds is 7. The highest BCUT2D eigenvalue weighted by atomic mass is 16.2. The third-order valence-corrected chi connectivity index (χ3v) is 4.06. The van der Waals surface area contributed by atoms with Crippen LogP contribution >= 0.6 is 0 Å². The van der Waals surface area contributed by atoms with Gasteiger partial charge in [-0.1, -0.05) is 6.92 Å². The van der Waals surface area contributed by atoms with Gasteiger partial charge in [-0.25, -0.2) is 4.99 Å². The van der Waals surface area contributed by atoms with E-state index in [2.05, 4.69) is 32.8 Å². The Morgan fingerprint density at radius 1 is 1.21 bits per heavy atom. The monoisotopic (exact) mass is 339 g/mol. The Morgan fingerprint density at radius 3 is 2.46 bits per heavy atom. The van der Waals surface area contributed by atoms with E-state index < -0.39 is 0 Å². The van der Waals surface area contributed by atoms with Crippen molar-refractivity contribution in [3.05, 3.63) is 0 Å².